The first-order valence-electron chi connectivity index (χ1n) is 8.50. The van der Waals surface area contributed by atoms with E-state index in [1.165, 1.54) is 22.5 Å². The zero-order chi connectivity index (χ0) is 16.4. The Morgan fingerprint density at radius 2 is 1.58 bits per heavy atom. The van der Waals surface area contributed by atoms with Gasteiger partial charge in [0.05, 0.1) is 23.3 Å². The topological polar surface area (TPSA) is 33.1 Å². The van der Waals surface area contributed by atoms with Crippen LogP contribution in [0, 0.1) is 6.92 Å². The van der Waals surface area contributed by atoms with E-state index in [-0.39, 0.29) is 0 Å². The maximum absolute atomic E-state index is 4.75. The van der Waals surface area contributed by atoms with Crippen LogP contribution in [0.15, 0.2) is 60.8 Å². The molecule has 122 valence electrons. The monoisotopic (exact) mass is 318 g/mol. The lowest BCUT2D eigenvalue weighted by atomic mass is 10.1. The summed E-state index contributed by atoms with van der Waals surface area (Å²) in [7, 11) is 0. The summed E-state index contributed by atoms with van der Waals surface area (Å²) in [6.45, 7) is 6.20. The molecule has 0 spiro atoms. The number of aromatic nitrogens is 2. The van der Waals surface area contributed by atoms with Crippen molar-refractivity contribution >= 4 is 5.69 Å². The molecule has 0 unspecified atom stereocenters. The Kier molecular flexibility index (Phi) is 4.05. The number of hydrogen-bond acceptors (Lipinski definition) is 3. The molecule has 0 radical (unpaired) electrons. The van der Waals surface area contributed by atoms with Gasteiger partial charge in [-0.2, -0.15) is 5.10 Å². The van der Waals surface area contributed by atoms with E-state index in [0.29, 0.717) is 0 Å². The Hall–Kier alpha value is -2.59. The van der Waals surface area contributed by atoms with E-state index in [1.807, 2.05) is 6.20 Å². The van der Waals surface area contributed by atoms with E-state index in [1.54, 1.807) is 0 Å². The van der Waals surface area contributed by atoms with Gasteiger partial charge in [0, 0.05) is 31.7 Å². The summed E-state index contributed by atoms with van der Waals surface area (Å²) in [5.41, 5.74) is 5.95. The normalized spacial score (nSPS) is 14.8. The van der Waals surface area contributed by atoms with Gasteiger partial charge in [-0.25, -0.2) is 4.68 Å². The molecule has 0 bridgehead atoms. The number of aryl methyl sites for hydroxylation is 1. The second kappa shape index (κ2) is 6.49. The predicted octanol–water partition coefficient (Wildman–Crippen LogP) is 3.26. The van der Waals surface area contributed by atoms with Crippen LogP contribution >= 0.6 is 0 Å². The van der Waals surface area contributed by atoms with Crippen LogP contribution in [0.1, 0.15) is 5.56 Å². The van der Waals surface area contributed by atoms with Crippen LogP contribution in [0.3, 0.4) is 0 Å². The highest BCUT2D eigenvalue weighted by Gasteiger charge is 2.21. The van der Waals surface area contributed by atoms with Crippen molar-refractivity contribution < 1.29 is 0 Å². The van der Waals surface area contributed by atoms with Crippen LogP contribution in [0.5, 0.6) is 0 Å². The summed E-state index contributed by atoms with van der Waals surface area (Å²) in [4.78, 5) is 2.43. The van der Waals surface area contributed by atoms with E-state index in [4.69, 9.17) is 5.10 Å². The molecule has 0 aliphatic carbocycles. The fourth-order valence-electron chi connectivity index (χ4n) is 3.33. The number of para-hydroxylation sites is 1. The highest BCUT2D eigenvalue weighted by molar-refractivity contribution is 5.77. The van der Waals surface area contributed by atoms with Gasteiger partial charge in [-0.05, 0) is 18.6 Å². The second-order valence-corrected chi connectivity index (χ2v) is 6.18. The van der Waals surface area contributed by atoms with Gasteiger partial charge in [0.2, 0.25) is 0 Å². The largest absolute Gasteiger partial charge is 0.366 e. The Balaban J connectivity index is 1.88. The smallest absolute Gasteiger partial charge is 0.0974 e. The number of piperazine rings is 1. The number of benzene rings is 2. The van der Waals surface area contributed by atoms with Crippen molar-refractivity contribution in [3.8, 4) is 16.9 Å². The van der Waals surface area contributed by atoms with Crippen molar-refractivity contribution in [1.82, 2.24) is 15.1 Å². The van der Waals surface area contributed by atoms with Crippen LogP contribution in [-0.4, -0.2) is 36.0 Å². The molecule has 1 saturated heterocycles. The van der Waals surface area contributed by atoms with Crippen molar-refractivity contribution in [2.45, 2.75) is 6.92 Å². The first-order valence-corrected chi connectivity index (χ1v) is 8.50. The SMILES string of the molecule is Cc1ccccc1-n1ncc(N2CCNCC2)c1-c1ccccc1. The van der Waals surface area contributed by atoms with Gasteiger partial charge < -0.3 is 10.2 Å². The maximum atomic E-state index is 4.75. The highest BCUT2D eigenvalue weighted by atomic mass is 15.3. The lowest BCUT2D eigenvalue weighted by Gasteiger charge is -2.29. The van der Waals surface area contributed by atoms with E-state index >= 15 is 0 Å². The van der Waals surface area contributed by atoms with Crippen molar-refractivity contribution in [1.29, 1.82) is 0 Å². The fraction of sp³-hybridized carbons (Fsp3) is 0.250. The maximum Gasteiger partial charge on any atom is 0.0974 e. The quantitative estimate of drug-likeness (QED) is 0.805. The molecule has 2 heterocycles. The minimum absolute atomic E-state index is 1.01. The van der Waals surface area contributed by atoms with Gasteiger partial charge in [-0.1, -0.05) is 48.5 Å². The average Bonchev–Trinajstić information content (AvgIpc) is 3.08. The lowest BCUT2D eigenvalue weighted by molar-refractivity contribution is 0.589. The Labute approximate surface area is 142 Å². The average molecular weight is 318 g/mol. The Morgan fingerprint density at radius 1 is 0.875 bits per heavy atom. The molecule has 1 aromatic heterocycles. The van der Waals surface area contributed by atoms with Crippen LogP contribution in [0.25, 0.3) is 16.9 Å². The Bertz CT molecular complexity index is 817. The molecule has 0 saturated carbocycles. The predicted molar refractivity (Wildman–Crippen MR) is 98.8 cm³/mol. The molecular formula is C20H22N4. The zero-order valence-corrected chi connectivity index (χ0v) is 13.9. The van der Waals surface area contributed by atoms with E-state index in [0.717, 1.165) is 31.9 Å². The Morgan fingerprint density at radius 3 is 2.33 bits per heavy atom. The molecule has 1 fully saturated rings. The van der Waals surface area contributed by atoms with Crippen LogP contribution in [0.4, 0.5) is 5.69 Å². The van der Waals surface area contributed by atoms with Gasteiger partial charge >= 0.3 is 0 Å². The van der Waals surface area contributed by atoms with Crippen LogP contribution in [-0.2, 0) is 0 Å². The number of anilines is 1. The first-order chi connectivity index (χ1) is 11.8. The van der Waals surface area contributed by atoms with Gasteiger partial charge in [0.25, 0.3) is 0 Å². The summed E-state index contributed by atoms with van der Waals surface area (Å²) in [6, 6.07) is 19.0. The second-order valence-electron chi connectivity index (χ2n) is 6.18. The molecule has 1 aliphatic heterocycles. The molecule has 3 aromatic rings. The van der Waals surface area contributed by atoms with Crippen LogP contribution in [0.2, 0.25) is 0 Å². The van der Waals surface area contributed by atoms with Crippen molar-refractivity contribution in [2.24, 2.45) is 0 Å². The van der Waals surface area contributed by atoms with Gasteiger partial charge in [-0.3, -0.25) is 0 Å². The fourth-order valence-corrected chi connectivity index (χ4v) is 3.33. The molecule has 0 amide bonds. The number of rotatable bonds is 3. The van der Waals surface area contributed by atoms with E-state index in [2.05, 4.69) is 76.4 Å². The van der Waals surface area contributed by atoms with Gasteiger partial charge in [0.15, 0.2) is 0 Å². The van der Waals surface area contributed by atoms with Crippen LogP contribution < -0.4 is 10.2 Å². The summed E-state index contributed by atoms with van der Waals surface area (Å²) in [6.07, 6.45) is 2.01. The summed E-state index contributed by atoms with van der Waals surface area (Å²) >= 11 is 0. The number of nitrogens with zero attached hydrogens (tertiary/aromatic N) is 3. The molecular weight excluding hydrogens is 296 g/mol. The van der Waals surface area contributed by atoms with E-state index < -0.39 is 0 Å². The lowest BCUT2D eigenvalue weighted by Crippen LogP contribution is -2.43. The van der Waals surface area contributed by atoms with Gasteiger partial charge in [0.1, 0.15) is 0 Å². The summed E-state index contributed by atoms with van der Waals surface area (Å²) in [5.74, 6) is 0. The van der Waals surface area contributed by atoms with Crippen molar-refractivity contribution in [2.75, 3.05) is 31.1 Å². The minimum atomic E-state index is 1.01. The number of nitrogens with one attached hydrogen (secondary N) is 1. The van der Waals surface area contributed by atoms with Crippen molar-refractivity contribution in [3.63, 3.8) is 0 Å². The van der Waals surface area contributed by atoms with E-state index in [9.17, 15) is 0 Å². The summed E-state index contributed by atoms with van der Waals surface area (Å²) in [5, 5.41) is 8.18. The number of hydrogen-bond donors (Lipinski definition) is 1. The third kappa shape index (κ3) is 2.69. The molecule has 1 N–H and O–H groups in total. The van der Waals surface area contributed by atoms with Crippen molar-refractivity contribution in [3.05, 3.63) is 66.4 Å². The molecule has 0 atom stereocenters. The third-order valence-electron chi connectivity index (χ3n) is 4.60. The molecule has 4 nitrogen and oxygen atoms in total. The minimum Gasteiger partial charge on any atom is -0.366 e. The standard InChI is InChI=1S/C20H22N4/c1-16-7-5-6-10-18(16)24-20(17-8-3-2-4-9-17)19(15-22-24)23-13-11-21-12-14-23/h2-10,15,21H,11-14H2,1H3. The molecule has 4 rings (SSSR count). The molecule has 1 aliphatic rings. The molecule has 24 heavy (non-hydrogen) atoms. The highest BCUT2D eigenvalue weighted by Crippen LogP contribution is 2.33. The van der Waals surface area contributed by atoms with Gasteiger partial charge in [-0.15, -0.1) is 0 Å². The first kappa shape index (κ1) is 15.0. The molecule has 4 heteroatoms. The third-order valence-corrected chi connectivity index (χ3v) is 4.60. The molecule has 2 aromatic carbocycles. The zero-order valence-electron chi connectivity index (χ0n) is 13.9. The summed E-state index contributed by atoms with van der Waals surface area (Å²) < 4.78 is 2.09.